The van der Waals surface area contributed by atoms with E-state index < -0.39 is 23.3 Å². The maximum atomic E-state index is 13.0. The van der Waals surface area contributed by atoms with E-state index in [4.69, 9.17) is 16.3 Å². The second kappa shape index (κ2) is 8.71. The van der Waals surface area contributed by atoms with Crippen LogP contribution in [0.25, 0.3) is 0 Å². The van der Waals surface area contributed by atoms with Crippen LogP contribution < -0.4 is 0 Å². The number of carbonyl (C=O) groups excluding carboxylic acids is 1. The lowest BCUT2D eigenvalue weighted by molar-refractivity contribution is -0.163. The molecular weight excluding hydrogens is 380 g/mol. The largest absolute Gasteiger partial charge is 0.481 e. The van der Waals surface area contributed by atoms with Gasteiger partial charge in [0.2, 0.25) is 0 Å². The molecule has 0 amide bonds. The first-order valence-electron chi connectivity index (χ1n) is 9.21. The molecule has 1 aromatic carbocycles. The molecule has 1 fully saturated rings. The highest BCUT2D eigenvalue weighted by Crippen LogP contribution is 2.41. The minimum Gasteiger partial charge on any atom is -0.481 e. The van der Waals surface area contributed by atoms with Gasteiger partial charge in [-0.1, -0.05) is 48.0 Å². The Morgan fingerprint density at radius 2 is 2.00 bits per heavy atom. The zero-order valence-corrected chi connectivity index (χ0v) is 16.4. The summed E-state index contributed by atoms with van der Waals surface area (Å²) in [4.78, 5) is 31.2. The Hall–Kier alpha value is -2.44. The summed E-state index contributed by atoms with van der Waals surface area (Å²) >= 11 is 5.86. The normalized spacial score (nSPS) is 22.1. The fourth-order valence-electron chi connectivity index (χ4n) is 3.89. The van der Waals surface area contributed by atoms with Gasteiger partial charge in [-0.05, 0) is 30.5 Å². The molecule has 0 spiro atoms. The van der Waals surface area contributed by atoms with Gasteiger partial charge in [-0.25, -0.2) is 4.98 Å². The Kier molecular flexibility index (Phi) is 6.31. The molecule has 0 aliphatic carbocycles. The number of hydrogen-bond donors (Lipinski definition) is 1. The highest BCUT2D eigenvalue weighted by Gasteiger charge is 2.56. The van der Waals surface area contributed by atoms with Gasteiger partial charge in [0.15, 0.2) is 0 Å². The van der Waals surface area contributed by atoms with E-state index in [0.717, 1.165) is 11.1 Å². The zero-order valence-electron chi connectivity index (χ0n) is 15.7. The number of aliphatic carboxylic acids is 1. The molecule has 6 nitrogen and oxygen atoms in total. The Bertz CT molecular complexity index is 828. The van der Waals surface area contributed by atoms with E-state index >= 15 is 0 Å². The second-order valence-corrected chi connectivity index (χ2v) is 7.48. The van der Waals surface area contributed by atoms with Gasteiger partial charge in [0.25, 0.3) is 0 Å². The van der Waals surface area contributed by atoms with E-state index in [-0.39, 0.29) is 19.6 Å². The van der Waals surface area contributed by atoms with Crippen molar-refractivity contribution in [2.45, 2.75) is 19.9 Å². The van der Waals surface area contributed by atoms with Crippen molar-refractivity contribution >= 4 is 23.5 Å². The molecule has 1 N–H and O–H groups in total. The quantitative estimate of drug-likeness (QED) is 0.566. The number of benzene rings is 1. The summed E-state index contributed by atoms with van der Waals surface area (Å²) in [7, 11) is 0. The van der Waals surface area contributed by atoms with Crippen molar-refractivity contribution in [3.8, 4) is 0 Å². The van der Waals surface area contributed by atoms with Crippen LogP contribution in [0.5, 0.6) is 0 Å². The lowest BCUT2D eigenvalue weighted by Gasteiger charge is -2.30. The van der Waals surface area contributed by atoms with Crippen LogP contribution in [0.15, 0.2) is 48.7 Å². The average molecular weight is 403 g/mol. The molecule has 7 heteroatoms. The first-order valence-corrected chi connectivity index (χ1v) is 9.59. The number of carboxylic acids is 1. The van der Waals surface area contributed by atoms with Crippen molar-refractivity contribution in [3.63, 3.8) is 0 Å². The maximum absolute atomic E-state index is 13.0. The first-order chi connectivity index (χ1) is 13.4. The van der Waals surface area contributed by atoms with Crippen molar-refractivity contribution in [2.75, 3.05) is 19.7 Å². The Morgan fingerprint density at radius 3 is 2.61 bits per heavy atom. The van der Waals surface area contributed by atoms with Gasteiger partial charge in [0.05, 0.1) is 17.9 Å². The molecule has 0 radical (unpaired) electrons. The van der Waals surface area contributed by atoms with E-state index in [1.165, 1.54) is 0 Å². The summed E-state index contributed by atoms with van der Waals surface area (Å²) in [6.07, 6.45) is 1.82. The van der Waals surface area contributed by atoms with E-state index in [9.17, 15) is 14.7 Å². The minimum absolute atomic E-state index is 0.199. The predicted molar refractivity (Wildman–Crippen MR) is 105 cm³/mol. The topological polar surface area (TPSA) is 79.7 Å². The van der Waals surface area contributed by atoms with Crippen molar-refractivity contribution < 1.29 is 19.4 Å². The summed E-state index contributed by atoms with van der Waals surface area (Å²) in [5.41, 5.74) is 0.649. The third kappa shape index (κ3) is 4.34. The summed E-state index contributed by atoms with van der Waals surface area (Å²) in [6, 6.07) is 13.2. The van der Waals surface area contributed by atoms with Crippen LogP contribution in [-0.4, -0.2) is 46.6 Å². The number of likely N-dealkylation sites (tertiary alicyclic amines) is 1. The molecular formula is C21H23ClN2O4. The first kappa shape index (κ1) is 20.3. The SMILES string of the molecule is CCOC(=O)[C@@]1(Cc2ccc(Cl)nc2)CN(Cc2ccccc2)C[C@@H]1C(=O)O. The summed E-state index contributed by atoms with van der Waals surface area (Å²) < 4.78 is 5.33. The molecule has 0 saturated carbocycles. The van der Waals surface area contributed by atoms with Gasteiger partial charge < -0.3 is 9.84 Å². The van der Waals surface area contributed by atoms with Crippen LogP contribution >= 0.6 is 11.6 Å². The van der Waals surface area contributed by atoms with Gasteiger partial charge in [-0.2, -0.15) is 0 Å². The maximum Gasteiger partial charge on any atom is 0.314 e. The molecule has 2 aromatic rings. The summed E-state index contributed by atoms with van der Waals surface area (Å²) in [6.45, 7) is 3.08. The van der Waals surface area contributed by atoms with Gasteiger partial charge in [0.1, 0.15) is 5.15 Å². The number of pyridine rings is 1. The number of hydrogen-bond acceptors (Lipinski definition) is 5. The second-order valence-electron chi connectivity index (χ2n) is 7.09. The number of aromatic nitrogens is 1. The van der Waals surface area contributed by atoms with Crippen molar-refractivity contribution in [2.24, 2.45) is 11.3 Å². The molecule has 148 valence electrons. The highest BCUT2D eigenvalue weighted by atomic mass is 35.5. The van der Waals surface area contributed by atoms with Crippen LogP contribution in [0, 0.1) is 11.3 Å². The van der Waals surface area contributed by atoms with E-state index in [0.29, 0.717) is 18.2 Å². The van der Waals surface area contributed by atoms with Crippen LogP contribution in [0.4, 0.5) is 0 Å². The van der Waals surface area contributed by atoms with Crippen molar-refractivity contribution in [1.29, 1.82) is 0 Å². The van der Waals surface area contributed by atoms with Crippen LogP contribution in [0.1, 0.15) is 18.1 Å². The monoisotopic (exact) mass is 402 g/mol. The number of nitrogens with zero attached hydrogens (tertiary/aromatic N) is 2. The smallest absolute Gasteiger partial charge is 0.314 e. The number of carbonyl (C=O) groups is 2. The molecule has 2 atom stereocenters. The number of rotatable bonds is 7. The molecule has 0 bridgehead atoms. The third-order valence-electron chi connectivity index (χ3n) is 5.15. The number of esters is 1. The van der Waals surface area contributed by atoms with Gasteiger partial charge >= 0.3 is 11.9 Å². The predicted octanol–water partition coefficient (Wildman–Crippen LogP) is 3.04. The van der Waals surface area contributed by atoms with Gasteiger partial charge in [-0.3, -0.25) is 14.5 Å². The van der Waals surface area contributed by atoms with Crippen LogP contribution in [-0.2, 0) is 27.3 Å². The third-order valence-corrected chi connectivity index (χ3v) is 5.37. The summed E-state index contributed by atoms with van der Waals surface area (Å²) in [5, 5.41) is 10.2. The number of carboxylic acid groups (broad SMARTS) is 1. The van der Waals surface area contributed by atoms with E-state index in [2.05, 4.69) is 4.98 Å². The van der Waals surface area contributed by atoms with E-state index in [1.807, 2.05) is 35.2 Å². The van der Waals surface area contributed by atoms with Crippen molar-refractivity contribution in [3.05, 3.63) is 64.9 Å². The zero-order chi connectivity index (χ0) is 20.1. The fraction of sp³-hybridized carbons (Fsp3) is 0.381. The fourth-order valence-corrected chi connectivity index (χ4v) is 4.00. The molecule has 1 aromatic heterocycles. The highest BCUT2D eigenvalue weighted by molar-refractivity contribution is 6.29. The Balaban J connectivity index is 1.93. The molecule has 2 heterocycles. The molecule has 1 aliphatic heterocycles. The molecule has 1 aliphatic rings. The number of halogens is 1. The van der Waals surface area contributed by atoms with Gasteiger partial charge in [0, 0.05) is 25.8 Å². The summed E-state index contributed by atoms with van der Waals surface area (Å²) in [5.74, 6) is -2.34. The van der Waals surface area contributed by atoms with Gasteiger partial charge in [-0.15, -0.1) is 0 Å². The minimum atomic E-state index is -1.17. The lowest BCUT2D eigenvalue weighted by atomic mass is 9.73. The Morgan fingerprint density at radius 1 is 1.25 bits per heavy atom. The standard InChI is InChI=1S/C21H23ClN2O4/c1-2-28-20(27)21(10-16-8-9-18(22)23-11-16)14-24(13-17(21)19(25)26)12-15-6-4-3-5-7-15/h3-9,11,17H,2,10,12-14H2,1H3,(H,25,26)/t17-,21+/m1/s1. The lowest BCUT2D eigenvalue weighted by Crippen LogP contribution is -2.45. The molecule has 0 unspecified atom stereocenters. The Labute approximate surface area is 169 Å². The van der Waals surface area contributed by atoms with E-state index in [1.54, 1.807) is 25.3 Å². The molecule has 28 heavy (non-hydrogen) atoms. The molecule has 3 rings (SSSR count). The van der Waals surface area contributed by atoms with Crippen LogP contribution in [0.2, 0.25) is 5.15 Å². The average Bonchev–Trinajstić information content (AvgIpc) is 3.04. The van der Waals surface area contributed by atoms with Crippen LogP contribution in [0.3, 0.4) is 0 Å². The molecule has 1 saturated heterocycles. The number of ether oxygens (including phenoxy) is 1. The van der Waals surface area contributed by atoms with Crippen molar-refractivity contribution in [1.82, 2.24) is 9.88 Å².